The molecule has 0 radical (unpaired) electrons. The van der Waals surface area contributed by atoms with Crippen molar-refractivity contribution in [1.82, 2.24) is 20.4 Å². The van der Waals surface area contributed by atoms with Crippen LogP contribution in [0.4, 0.5) is 0 Å². The first-order valence-corrected chi connectivity index (χ1v) is 8.63. The van der Waals surface area contributed by atoms with Crippen LogP contribution < -0.4 is 10.6 Å². The summed E-state index contributed by atoms with van der Waals surface area (Å²) in [6, 6.07) is 2.48. The molecule has 2 fully saturated rings. The van der Waals surface area contributed by atoms with Crippen LogP contribution in [0.2, 0.25) is 0 Å². The number of hydrogen-bond donors (Lipinski definition) is 2. The van der Waals surface area contributed by atoms with Crippen LogP contribution in [-0.2, 0) is 0 Å². The highest BCUT2D eigenvalue weighted by atomic mass is 16.2. The van der Waals surface area contributed by atoms with Crippen molar-refractivity contribution in [2.75, 3.05) is 13.1 Å². The lowest BCUT2D eigenvalue weighted by Gasteiger charge is -2.38. The van der Waals surface area contributed by atoms with Gasteiger partial charge in [-0.3, -0.25) is 9.48 Å². The van der Waals surface area contributed by atoms with Crippen LogP contribution in [0.5, 0.6) is 0 Å². The summed E-state index contributed by atoms with van der Waals surface area (Å²) in [5.41, 5.74) is 0.732. The Morgan fingerprint density at radius 2 is 2.23 bits per heavy atom. The van der Waals surface area contributed by atoms with Gasteiger partial charge in [-0.15, -0.1) is 0 Å². The topological polar surface area (TPSA) is 59.0 Å². The predicted octanol–water partition coefficient (Wildman–Crippen LogP) is 2.51. The largest absolute Gasteiger partial charge is 0.347 e. The van der Waals surface area contributed by atoms with Crippen molar-refractivity contribution in [3.63, 3.8) is 0 Å². The molecule has 1 aliphatic heterocycles. The third-order valence-corrected chi connectivity index (χ3v) is 5.30. The Morgan fingerprint density at radius 1 is 1.36 bits per heavy atom. The Bertz CT molecular complexity index is 516. The Hall–Kier alpha value is -1.36. The molecule has 2 atom stereocenters. The van der Waals surface area contributed by atoms with Gasteiger partial charge in [-0.05, 0) is 43.7 Å². The standard InChI is InChI=1S/C17H28N4O/c1-17(2)9-4-3-7-15(17)19-16(22)14-8-11-21(20-14)13-6-5-10-18-12-13/h8,11,13,15,18H,3-7,9-10,12H2,1-2H3,(H,19,22). The van der Waals surface area contributed by atoms with E-state index in [1.165, 1.54) is 25.7 Å². The summed E-state index contributed by atoms with van der Waals surface area (Å²) >= 11 is 0. The van der Waals surface area contributed by atoms with Crippen molar-refractivity contribution in [2.24, 2.45) is 5.41 Å². The Kier molecular flexibility index (Phi) is 4.52. The van der Waals surface area contributed by atoms with E-state index in [9.17, 15) is 4.79 Å². The van der Waals surface area contributed by atoms with Gasteiger partial charge < -0.3 is 10.6 Å². The van der Waals surface area contributed by atoms with Gasteiger partial charge in [0, 0.05) is 18.8 Å². The highest BCUT2D eigenvalue weighted by molar-refractivity contribution is 5.92. The van der Waals surface area contributed by atoms with Gasteiger partial charge in [-0.25, -0.2) is 0 Å². The number of nitrogens with one attached hydrogen (secondary N) is 2. The van der Waals surface area contributed by atoms with E-state index in [1.54, 1.807) is 0 Å². The molecule has 3 rings (SSSR count). The smallest absolute Gasteiger partial charge is 0.272 e. The van der Waals surface area contributed by atoms with Crippen LogP contribution in [0.3, 0.4) is 0 Å². The second-order valence-corrected chi connectivity index (χ2v) is 7.44. The van der Waals surface area contributed by atoms with Crippen LogP contribution in [0.25, 0.3) is 0 Å². The predicted molar refractivity (Wildman–Crippen MR) is 86.9 cm³/mol. The summed E-state index contributed by atoms with van der Waals surface area (Å²) in [5, 5.41) is 11.1. The van der Waals surface area contributed by atoms with Gasteiger partial charge in [-0.2, -0.15) is 5.10 Å². The highest BCUT2D eigenvalue weighted by Crippen LogP contribution is 2.35. The summed E-state index contributed by atoms with van der Waals surface area (Å²) in [4.78, 5) is 12.5. The van der Waals surface area contributed by atoms with Crippen molar-refractivity contribution in [3.8, 4) is 0 Å². The average molecular weight is 304 g/mol. The summed E-state index contributed by atoms with van der Waals surface area (Å²) in [6.07, 6.45) is 8.97. The molecule has 5 nitrogen and oxygen atoms in total. The van der Waals surface area contributed by atoms with E-state index in [0.29, 0.717) is 11.7 Å². The number of piperidine rings is 1. The van der Waals surface area contributed by atoms with Gasteiger partial charge in [0.1, 0.15) is 5.69 Å². The van der Waals surface area contributed by atoms with Crippen LogP contribution in [0, 0.1) is 5.41 Å². The summed E-state index contributed by atoms with van der Waals surface area (Å²) in [7, 11) is 0. The lowest BCUT2D eigenvalue weighted by atomic mass is 9.73. The summed E-state index contributed by atoms with van der Waals surface area (Å²) < 4.78 is 1.95. The molecule has 1 aromatic rings. The molecule has 1 aliphatic carbocycles. The van der Waals surface area contributed by atoms with E-state index in [4.69, 9.17) is 0 Å². The number of amides is 1. The third kappa shape index (κ3) is 3.35. The Labute approximate surface area is 132 Å². The Morgan fingerprint density at radius 3 is 2.95 bits per heavy atom. The molecule has 2 aliphatic rings. The van der Waals surface area contributed by atoms with Gasteiger partial charge in [0.2, 0.25) is 0 Å². The van der Waals surface area contributed by atoms with E-state index in [-0.39, 0.29) is 17.4 Å². The number of carbonyl (C=O) groups is 1. The van der Waals surface area contributed by atoms with Gasteiger partial charge in [0.25, 0.3) is 5.91 Å². The van der Waals surface area contributed by atoms with E-state index < -0.39 is 0 Å². The van der Waals surface area contributed by atoms with Crippen LogP contribution in [0.1, 0.15) is 68.9 Å². The normalized spacial score (nSPS) is 28.3. The lowest BCUT2D eigenvalue weighted by Crippen LogP contribution is -2.47. The molecule has 1 saturated heterocycles. The first kappa shape index (κ1) is 15.5. The second kappa shape index (κ2) is 6.41. The minimum Gasteiger partial charge on any atom is -0.347 e. The first-order chi connectivity index (χ1) is 10.6. The minimum absolute atomic E-state index is 0.0255. The van der Waals surface area contributed by atoms with Crippen molar-refractivity contribution in [3.05, 3.63) is 18.0 Å². The van der Waals surface area contributed by atoms with Gasteiger partial charge >= 0.3 is 0 Å². The van der Waals surface area contributed by atoms with Gasteiger partial charge in [0.15, 0.2) is 0 Å². The van der Waals surface area contributed by atoms with Crippen LogP contribution in [-0.4, -0.2) is 34.8 Å². The zero-order chi connectivity index (χ0) is 15.6. The molecule has 2 heterocycles. The molecule has 122 valence electrons. The number of hydrogen-bond acceptors (Lipinski definition) is 3. The molecular weight excluding hydrogens is 276 g/mol. The zero-order valence-electron chi connectivity index (χ0n) is 13.8. The molecule has 0 bridgehead atoms. The molecule has 1 aromatic heterocycles. The molecule has 1 saturated carbocycles. The first-order valence-electron chi connectivity index (χ1n) is 8.63. The lowest BCUT2D eigenvalue weighted by molar-refractivity contribution is 0.0847. The van der Waals surface area contributed by atoms with E-state index in [0.717, 1.165) is 25.9 Å². The maximum atomic E-state index is 12.5. The van der Waals surface area contributed by atoms with Crippen molar-refractivity contribution in [2.45, 2.75) is 64.5 Å². The molecule has 5 heteroatoms. The van der Waals surface area contributed by atoms with Crippen molar-refractivity contribution < 1.29 is 4.79 Å². The molecule has 0 aromatic carbocycles. The fourth-order valence-electron chi connectivity index (χ4n) is 3.72. The third-order valence-electron chi connectivity index (χ3n) is 5.30. The van der Waals surface area contributed by atoms with E-state index in [1.807, 2.05) is 16.9 Å². The molecule has 2 unspecified atom stereocenters. The SMILES string of the molecule is CC1(C)CCCCC1NC(=O)c1ccn(C2CCCNC2)n1. The minimum atomic E-state index is -0.0255. The van der Waals surface area contributed by atoms with Crippen LogP contribution >= 0.6 is 0 Å². The molecule has 0 spiro atoms. The number of rotatable bonds is 3. The second-order valence-electron chi connectivity index (χ2n) is 7.44. The molecule has 2 N–H and O–H groups in total. The monoisotopic (exact) mass is 304 g/mol. The van der Waals surface area contributed by atoms with E-state index >= 15 is 0 Å². The van der Waals surface area contributed by atoms with Gasteiger partial charge in [-0.1, -0.05) is 26.7 Å². The molecular formula is C17H28N4O. The molecule has 1 amide bonds. The Balaban J connectivity index is 1.64. The maximum Gasteiger partial charge on any atom is 0.272 e. The summed E-state index contributed by atoms with van der Waals surface area (Å²) in [6.45, 7) is 6.53. The highest BCUT2D eigenvalue weighted by Gasteiger charge is 2.33. The van der Waals surface area contributed by atoms with Crippen LogP contribution in [0.15, 0.2) is 12.3 Å². The number of aromatic nitrogens is 2. The zero-order valence-corrected chi connectivity index (χ0v) is 13.8. The van der Waals surface area contributed by atoms with Crippen molar-refractivity contribution in [1.29, 1.82) is 0 Å². The quantitative estimate of drug-likeness (QED) is 0.902. The maximum absolute atomic E-state index is 12.5. The number of carbonyl (C=O) groups excluding carboxylic acids is 1. The molecule has 22 heavy (non-hydrogen) atoms. The average Bonchev–Trinajstić information content (AvgIpc) is 3.00. The summed E-state index contributed by atoms with van der Waals surface area (Å²) in [5.74, 6) is -0.0255. The van der Waals surface area contributed by atoms with E-state index in [2.05, 4.69) is 29.6 Å². The van der Waals surface area contributed by atoms with Crippen molar-refractivity contribution >= 4 is 5.91 Å². The fraction of sp³-hybridized carbons (Fsp3) is 0.765. The van der Waals surface area contributed by atoms with Gasteiger partial charge in [0.05, 0.1) is 6.04 Å². The number of nitrogens with zero attached hydrogens (tertiary/aromatic N) is 2. The fourth-order valence-corrected chi connectivity index (χ4v) is 3.72.